The number of hydrogen-bond donors (Lipinski definition) is 4. The Hall–Kier alpha value is -1.66. The van der Waals surface area contributed by atoms with Crippen LogP contribution in [0.2, 0.25) is 0 Å². The lowest BCUT2D eigenvalue weighted by atomic mass is 9.43. The van der Waals surface area contributed by atoms with Crippen molar-refractivity contribution in [1.29, 1.82) is 0 Å². The van der Waals surface area contributed by atoms with E-state index in [9.17, 15) is 30.0 Å². The minimum atomic E-state index is -1.98. The van der Waals surface area contributed by atoms with Crippen LogP contribution < -0.4 is 0 Å². The molecule has 214 valence electrons. The average molecular weight is 547 g/mol. The molecule has 3 heterocycles. The van der Waals surface area contributed by atoms with Gasteiger partial charge in [-0.1, -0.05) is 25.5 Å². The summed E-state index contributed by atoms with van der Waals surface area (Å²) in [6.07, 6.45) is 0.869. The van der Waals surface area contributed by atoms with Crippen LogP contribution in [0.4, 0.5) is 0 Å². The number of cyclic esters (lactones) is 1. The number of rotatable bonds is 1. The van der Waals surface area contributed by atoms with Crippen LogP contribution in [0.3, 0.4) is 0 Å². The van der Waals surface area contributed by atoms with Crippen LogP contribution in [-0.4, -0.2) is 87.0 Å². The molecule has 7 rings (SSSR count). The van der Waals surface area contributed by atoms with Crippen molar-refractivity contribution in [3.8, 4) is 0 Å². The van der Waals surface area contributed by atoms with E-state index in [4.69, 9.17) is 18.9 Å². The number of Topliss-reactive ketones (excluding diaryl/α,β-unsaturated/α-hetero) is 1. The van der Waals surface area contributed by atoms with Crippen molar-refractivity contribution in [2.75, 3.05) is 6.61 Å². The van der Waals surface area contributed by atoms with E-state index in [0.717, 1.165) is 11.1 Å². The van der Waals surface area contributed by atoms with Crippen LogP contribution in [0.1, 0.15) is 59.3 Å². The molecule has 13 atom stereocenters. The zero-order chi connectivity index (χ0) is 27.7. The maximum Gasteiger partial charge on any atom is 0.331 e. The Labute approximate surface area is 226 Å². The van der Waals surface area contributed by atoms with Crippen LogP contribution in [-0.2, 0) is 28.5 Å². The molecule has 4 aliphatic carbocycles. The molecule has 0 unspecified atom stereocenters. The molecule has 10 heteroatoms. The molecule has 10 nitrogen and oxygen atoms in total. The standard InChI is InChI=1S/C29H38O10/c1-13-8-20(30)29(35)25(37-13)38-19-11-26(2)15(10-18(19)39-29)4-5-17-22(26)23(32)24(33)27(3)16(6-7-28(17,27)34)14-9-21(31)36-12-14/h9-10,13,16-20,22,24-25,30,33-35H,4-8,11-12H2,1-3H3/t13-,16-,17-,18-,19-,20-,22-,24-,25+,26+,27+,28+,29+/m1/s1. The Morgan fingerprint density at radius 1 is 1.08 bits per heavy atom. The molecule has 0 bridgehead atoms. The zero-order valence-electron chi connectivity index (χ0n) is 22.5. The van der Waals surface area contributed by atoms with Gasteiger partial charge in [0.1, 0.15) is 24.9 Å². The van der Waals surface area contributed by atoms with Gasteiger partial charge >= 0.3 is 5.97 Å². The number of aliphatic hydroxyl groups is 4. The smallest absolute Gasteiger partial charge is 0.331 e. The first-order valence-electron chi connectivity index (χ1n) is 14.2. The van der Waals surface area contributed by atoms with Crippen LogP contribution in [0.25, 0.3) is 0 Å². The first kappa shape index (κ1) is 26.3. The second-order valence-corrected chi connectivity index (χ2v) is 13.4. The number of aliphatic hydroxyl groups excluding tert-OH is 2. The van der Waals surface area contributed by atoms with Gasteiger partial charge in [0.05, 0.1) is 17.8 Å². The van der Waals surface area contributed by atoms with Crippen LogP contribution >= 0.6 is 0 Å². The van der Waals surface area contributed by atoms with E-state index in [-0.39, 0.29) is 36.8 Å². The summed E-state index contributed by atoms with van der Waals surface area (Å²) >= 11 is 0. The van der Waals surface area contributed by atoms with Crippen molar-refractivity contribution in [2.45, 2.75) is 107 Å². The Morgan fingerprint density at radius 2 is 1.85 bits per heavy atom. The lowest BCUT2D eigenvalue weighted by Crippen LogP contribution is -2.71. The van der Waals surface area contributed by atoms with Crippen LogP contribution in [0, 0.1) is 28.6 Å². The minimum absolute atomic E-state index is 0.123. The summed E-state index contributed by atoms with van der Waals surface area (Å²) in [6.45, 7) is 5.72. The fourth-order valence-corrected chi connectivity index (χ4v) is 9.56. The summed E-state index contributed by atoms with van der Waals surface area (Å²) in [5.41, 5.74) is -1.43. The normalized spacial score (nSPS) is 56.3. The second kappa shape index (κ2) is 8.21. The Morgan fingerprint density at radius 3 is 2.56 bits per heavy atom. The molecule has 5 fully saturated rings. The molecule has 39 heavy (non-hydrogen) atoms. The fraction of sp³-hybridized carbons (Fsp3) is 0.793. The molecule has 0 amide bonds. The molecule has 3 saturated carbocycles. The zero-order valence-corrected chi connectivity index (χ0v) is 22.5. The van der Waals surface area contributed by atoms with Gasteiger partial charge in [-0.05, 0) is 56.4 Å². The summed E-state index contributed by atoms with van der Waals surface area (Å²) in [5, 5.41) is 45.8. The maximum atomic E-state index is 14.2. The molecular weight excluding hydrogens is 508 g/mol. The third-order valence-electron chi connectivity index (χ3n) is 11.6. The van der Waals surface area contributed by atoms with Gasteiger partial charge in [-0.15, -0.1) is 0 Å². The van der Waals surface area contributed by atoms with Crippen LogP contribution in [0.5, 0.6) is 0 Å². The number of carbonyl (C=O) groups is 2. The quantitative estimate of drug-likeness (QED) is 0.276. The van der Waals surface area contributed by atoms with Crippen LogP contribution in [0.15, 0.2) is 23.3 Å². The number of ether oxygens (including phenoxy) is 4. The Kier molecular flexibility index (Phi) is 5.53. The van der Waals surface area contributed by atoms with Gasteiger partial charge in [0.2, 0.25) is 12.1 Å². The largest absolute Gasteiger partial charge is 0.458 e. The van der Waals surface area contributed by atoms with Crippen molar-refractivity contribution >= 4 is 11.8 Å². The van der Waals surface area contributed by atoms with E-state index in [0.29, 0.717) is 32.1 Å². The highest BCUT2D eigenvalue weighted by Gasteiger charge is 2.74. The number of allylic oxidation sites excluding steroid dienone is 1. The summed E-state index contributed by atoms with van der Waals surface area (Å²) in [6, 6.07) is 0. The molecule has 4 N–H and O–H groups in total. The van der Waals surface area contributed by atoms with E-state index in [1.54, 1.807) is 13.8 Å². The lowest BCUT2D eigenvalue weighted by Gasteiger charge is -2.63. The molecule has 3 aliphatic heterocycles. The fourth-order valence-electron chi connectivity index (χ4n) is 9.56. The minimum Gasteiger partial charge on any atom is -0.458 e. The molecular formula is C29H38O10. The average Bonchev–Trinajstić information content (AvgIpc) is 3.42. The van der Waals surface area contributed by atoms with Crippen molar-refractivity contribution in [2.24, 2.45) is 28.6 Å². The topological polar surface area (TPSA) is 152 Å². The van der Waals surface area contributed by atoms with Crippen molar-refractivity contribution in [3.63, 3.8) is 0 Å². The Bertz CT molecular complexity index is 1180. The third kappa shape index (κ3) is 3.22. The van der Waals surface area contributed by atoms with Crippen molar-refractivity contribution in [3.05, 3.63) is 23.3 Å². The summed E-state index contributed by atoms with van der Waals surface area (Å²) in [5.74, 6) is -4.05. The molecule has 0 radical (unpaired) electrons. The predicted molar refractivity (Wildman–Crippen MR) is 133 cm³/mol. The molecule has 0 aromatic rings. The molecule has 7 aliphatic rings. The van der Waals surface area contributed by atoms with E-state index >= 15 is 0 Å². The summed E-state index contributed by atoms with van der Waals surface area (Å²) in [4.78, 5) is 26.0. The molecule has 0 spiro atoms. The van der Waals surface area contributed by atoms with Gasteiger partial charge < -0.3 is 39.4 Å². The SMILES string of the molecule is C[C@@H]1C[C@@H](O)[C@]2(O)O[C@@H]3C=C4CC[C@@H]5[C@H](C(=O)[C@@H](O)[C@]6(C)[C@@H](C7=CC(=O)OC7)CC[C@]56O)[C@@]4(C)C[C@H]3O[C@@H]2O1. The van der Waals surface area contributed by atoms with Gasteiger partial charge in [-0.3, -0.25) is 4.79 Å². The monoisotopic (exact) mass is 546 g/mol. The van der Waals surface area contributed by atoms with Gasteiger partial charge in [-0.2, -0.15) is 0 Å². The van der Waals surface area contributed by atoms with Crippen molar-refractivity contribution in [1.82, 2.24) is 0 Å². The van der Waals surface area contributed by atoms with Gasteiger partial charge in [0.25, 0.3) is 0 Å². The first-order valence-corrected chi connectivity index (χ1v) is 14.2. The first-order chi connectivity index (χ1) is 18.3. The molecule has 0 aromatic carbocycles. The number of fused-ring (bicyclic) bond motifs is 7. The summed E-state index contributed by atoms with van der Waals surface area (Å²) < 4.78 is 23.2. The number of ketones is 1. The van der Waals surface area contributed by atoms with Gasteiger partial charge in [-0.25, -0.2) is 4.79 Å². The summed E-state index contributed by atoms with van der Waals surface area (Å²) in [7, 11) is 0. The number of carbonyl (C=O) groups excluding carboxylic acids is 2. The van der Waals surface area contributed by atoms with E-state index in [2.05, 4.69) is 0 Å². The lowest BCUT2D eigenvalue weighted by molar-refractivity contribution is -0.447. The highest BCUT2D eigenvalue weighted by atomic mass is 16.8. The highest BCUT2D eigenvalue weighted by molar-refractivity contribution is 5.90. The number of esters is 1. The van der Waals surface area contributed by atoms with E-state index < -0.39 is 64.8 Å². The second-order valence-electron chi connectivity index (χ2n) is 13.4. The molecule has 0 aromatic heterocycles. The van der Waals surface area contributed by atoms with Gasteiger partial charge in [0, 0.05) is 29.2 Å². The molecule has 2 saturated heterocycles. The van der Waals surface area contributed by atoms with E-state index in [1.165, 1.54) is 6.08 Å². The predicted octanol–water partition coefficient (Wildman–Crippen LogP) is 0.892. The number of hydrogen-bond acceptors (Lipinski definition) is 10. The Balaban J connectivity index is 1.24. The van der Waals surface area contributed by atoms with E-state index in [1.807, 2.05) is 13.0 Å². The highest BCUT2D eigenvalue weighted by Crippen LogP contribution is 2.68. The van der Waals surface area contributed by atoms with Crippen molar-refractivity contribution < 1.29 is 49.0 Å². The van der Waals surface area contributed by atoms with Gasteiger partial charge in [0.15, 0.2) is 5.78 Å². The maximum absolute atomic E-state index is 14.2. The third-order valence-corrected chi connectivity index (χ3v) is 11.6.